The molecule has 0 aliphatic heterocycles. The second kappa shape index (κ2) is 9.20. The summed E-state index contributed by atoms with van der Waals surface area (Å²) in [7, 11) is 0. The van der Waals surface area contributed by atoms with Gasteiger partial charge < -0.3 is 10.1 Å². The molecule has 12 heteroatoms. The molecule has 176 valence electrons. The smallest absolute Gasteiger partial charge is 0.435 e. The van der Waals surface area contributed by atoms with E-state index in [1.807, 2.05) is 0 Å². The topological polar surface area (TPSA) is 74.0 Å². The number of halogens is 5. The first-order valence-electron chi connectivity index (χ1n) is 10.2. The molecule has 0 radical (unpaired) electrons. The summed E-state index contributed by atoms with van der Waals surface area (Å²) in [6.45, 7) is 0.266. The van der Waals surface area contributed by atoms with Gasteiger partial charge in [0, 0.05) is 37.0 Å². The zero-order valence-corrected chi connectivity index (χ0v) is 17.3. The number of hydrogen-bond donors (Lipinski definition) is 1. The fraction of sp³-hybridized carbons (Fsp3) is 0.381. The number of nitrogens with one attached hydrogen (secondary N) is 1. The van der Waals surface area contributed by atoms with E-state index in [1.54, 1.807) is 0 Å². The molecular formula is C21H20F5N5O2. The normalized spacial score (nSPS) is 13.8. The van der Waals surface area contributed by atoms with Crippen LogP contribution in [0.3, 0.4) is 0 Å². The molecule has 2 aromatic heterocycles. The summed E-state index contributed by atoms with van der Waals surface area (Å²) in [6, 6.07) is 5.43. The Labute approximate surface area is 185 Å². The van der Waals surface area contributed by atoms with Gasteiger partial charge in [-0.15, -0.1) is 0 Å². The number of benzene rings is 1. The highest BCUT2D eigenvalue weighted by molar-refractivity contribution is 5.92. The molecule has 3 aromatic rings. The Bertz CT molecular complexity index is 1140. The van der Waals surface area contributed by atoms with Crippen LogP contribution >= 0.6 is 0 Å². The van der Waals surface area contributed by atoms with Gasteiger partial charge in [-0.2, -0.15) is 23.4 Å². The number of aryl methyl sites for hydroxylation is 1. The average molecular weight is 469 g/mol. The van der Waals surface area contributed by atoms with Crippen molar-refractivity contribution < 1.29 is 31.5 Å². The van der Waals surface area contributed by atoms with Gasteiger partial charge in [-0.3, -0.25) is 9.48 Å². The molecule has 2 heterocycles. The second-order valence-electron chi connectivity index (χ2n) is 7.65. The summed E-state index contributed by atoms with van der Waals surface area (Å²) in [5.41, 5.74) is -0.234. The molecule has 0 spiro atoms. The summed E-state index contributed by atoms with van der Waals surface area (Å²) < 4.78 is 73.2. The first-order chi connectivity index (χ1) is 15.7. The molecule has 1 N–H and O–H groups in total. The van der Waals surface area contributed by atoms with Gasteiger partial charge in [-0.05, 0) is 43.5 Å². The molecule has 0 atom stereocenters. The molecule has 1 amide bonds. The van der Waals surface area contributed by atoms with Crippen molar-refractivity contribution in [2.75, 3.05) is 6.54 Å². The van der Waals surface area contributed by atoms with Gasteiger partial charge in [-0.1, -0.05) is 0 Å². The van der Waals surface area contributed by atoms with E-state index in [0.29, 0.717) is 18.2 Å². The molecule has 33 heavy (non-hydrogen) atoms. The fourth-order valence-electron chi connectivity index (χ4n) is 3.26. The van der Waals surface area contributed by atoms with Crippen LogP contribution in [0.15, 0.2) is 36.5 Å². The van der Waals surface area contributed by atoms with Gasteiger partial charge in [0.1, 0.15) is 11.5 Å². The van der Waals surface area contributed by atoms with Crippen LogP contribution in [-0.4, -0.2) is 32.0 Å². The van der Waals surface area contributed by atoms with E-state index in [9.17, 15) is 26.7 Å². The van der Waals surface area contributed by atoms with E-state index in [0.717, 1.165) is 31.0 Å². The van der Waals surface area contributed by atoms with E-state index in [4.69, 9.17) is 4.74 Å². The van der Waals surface area contributed by atoms with Gasteiger partial charge in [0.2, 0.25) is 0 Å². The summed E-state index contributed by atoms with van der Waals surface area (Å²) in [5.74, 6) is -2.10. The lowest BCUT2D eigenvalue weighted by molar-refractivity contribution is -0.141. The van der Waals surface area contributed by atoms with Crippen molar-refractivity contribution in [2.24, 2.45) is 0 Å². The first kappa shape index (κ1) is 22.7. The highest BCUT2D eigenvalue weighted by atomic mass is 19.4. The highest BCUT2D eigenvalue weighted by Gasteiger charge is 2.37. The highest BCUT2D eigenvalue weighted by Crippen LogP contribution is 2.42. The zero-order valence-electron chi connectivity index (χ0n) is 17.3. The maximum Gasteiger partial charge on any atom is 0.435 e. The third kappa shape index (κ3) is 5.68. The van der Waals surface area contributed by atoms with Crippen molar-refractivity contribution in [3.05, 3.63) is 65.2 Å². The maximum atomic E-state index is 13.6. The predicted octanol–water partition coefficient (Wildman–Crippen LogP) is 4.11. The van der Waals surface area contributed by atoms with Crippen LogP contribution in [0, 0.1) is 11.6 Å². The molecule has 7 nitrogen and oxygen atoms in total. The Hall–Kier alpha value is -3.44. The lowest BCUT2D eigenvalue weighted by Crippen LogP contribution is -2.26. The monoisotopic (exact) mass is 469 g/mol. The third-order valence-corrected chi connectivity index (χ3v) is 5.05. The summed E-state index contributed by atoms with van der Waals surface area (Å²) in [4.78, 5) is 12.3. The van der Waals surface area contributed by atoms with Crippen molar-refractivity contribution in [2.45, 2.75) is 44.6 Å². The minimum absolute atomic E-state index is 0.0929. The predicted molar refractivity (Wildman–Crippen MR) is 105 cm³/mol. The number of nitrogens with zero attached hydrogens (tertiary/aromatic N) is 4. The molecule has 0 unspecified atom stereocenters. The van der Waals surface area contributed by atoms with Gasteiger partial charge in [0.15, 0.2) is 24.0 Å². The summed E-state index contributed by atoms with van der Waals surface area (Å²) in [5, 5.41) is 10.4. The maximum absolute atomic E-state index is 13.6. The van der Waals surface area contributed by atoms with Crippen molar-refractivity contribution in [3.63, 3.8) is 0 Å². The largest absolute Gasteiger partial charge is 0.468 e. The standard InChI is InChI=1S/C21H20F5N5O2/c22-14-4-5-18(15(23)10-14)33-12-30-9-6-16(28-30)20(32)27-7-1-8-31-17(13-2-3-13)11-19(29-31)21(24,25)26/h4-6,9-11,13H,1-3,7-8,12H2,(H,27,32). The van der Waals surface area contributed by atoms with Gasteiger partial charge >= 0.3 is 6.18 Å². The van der Waals surface area contributed by atoms with Gasteiger partial charge in [0.05, 0.1) is 0 Å². The minimum atomic E-state index is -4.49. The summed E-state index contributed by atoms with van der Waals surface area (Å²) in [6.07, 6.45) is -0.952. The van der Waals surface area contributed by atoms with E-state index in [2.05, 4.69) is 15.5 Å². The van der Waals surface area contributed by atoms with Gasteiger partial charge in [0.25, 0.3) is 5.91 Å². The van der Waals surface area contributed by atoms with E-state index < -0.39 is 29.4 Å². The van der Waals surface area contributed by atoms with Gasteiger partial charge in [-0.25, -0.2) is 13.5 Å². The van der Waals surface area contributed by atoms with E-state index in [1.165, 1.54) is 21.6 Å². The van der Waals surface area contributed by atoms with Crippen molar-refractivity contribution in [3.8, 4) is 5.75 Å². The Morgan fingerprint density at radius 1 is 1.15 bits per heavy atom. The number of aromatic nitrogens is 4. The van der Waals surface area contributed by atoms with E-state index in [-0.39, 0.29) is 37.2 Å². The SMILES string of the molecule is O=C(NCCCn1nc(C(F)(F)F)cc1C1CC1)c1ccn(COc2ccc(F)cc2F)n1. The van der Waals surface area contributed by atoms with Crippen LogP contribution in [0.25, 0.3) is 0 Å². The molecular weight excluding hydrogens is 449 g/mol. The number of ether oxygens (including phenoxy) is 1. The average Bonchev–Trinajstić information content (AvgIpc) is 3.31. The van der Waals surface area contributed by atoms with Crippen molar-refractivity contribution >= 4 is 5.91 Å². The summed E-state index contributed by atoms with van der Waals surface area (Å²) >= 11 is 0. The van der Waals surface area contributed by atoms with E-state index >= 15 is 0 Å². The first-order valence-corrected chi connectivity index (χ1v) is 10.2. The molecule has 0 saturated heterocycles. The number of carbonyl (C=O) groups is 1. The fourth-order valence-corrected chi connectivity index (χ4v) is 3.26. The Morgan fingerprint density at radius 2 is 1.94 bits per heavy atom. The van der Waals surface area contributed by atoms with Crippen LogP contribution in [0.4, 0.5) is 22.0 Å². The Balaban J connectivity index is 1.25. The number of amides is 1. The third-order valence-electron chi connectivity index (χ3n) is 5.05. The lowest BCUT2D eigenvalue weighted by atomic mass is 10.2. The quantitative estimate of drug-likeness (QED) is 0.378. The molecule has 1 aromatic carbocycles. The van der Waals surface area contributed by atoms with Crippen LogP contribution < -0.4 is 10.1 Å². The molecule has 1 aliphatic rings. The minimum Gasteiger partial charge on any atom is -0.468 e. The van der Waals surface area contributed by atoms with Crippen LogP contribution in [0.2, 0.25) is 0 Å². The number of rotatable bonds is 9. The number of hydrogen-bond acceptors (Lipinski definition) is 4. The lowest BCUT2D eigenvalue weighted by Gasteiger charge is -2.08. The van der Waals surface area contributed by atoms with Crippen LogP contribution in [0.5, 0.6) is 5.75 Å². The molecule has 1 aliphatic carbocycles. The van der Waals surface area contributed by atoms with Crippen LogP contribution in [-0.2, 0) is 19.5 Å². The molecule has 1 fully saturated rings. The van der Waals surface area contributed by atoms with Crippen molar-refractivity contribution in [1.82, 2.24) is 24.9 Å². The molecule has 0 bridgehead atoms. The molecule has 1 saturated carbocycles. The van der Waals surface area contributed by atoms with Crippen LogP contribution in [0.1, 0.15) is 47.1 Å². The Morgan fingerprint density at radius 3 is 2.64 bits per heavy atom. The van der Waals surface area contributed by atoms with Crippen molar-refractivity contribution in [1.29, 1.82) is 0 Å². The Kier molecular flexibility index (Phi) is 6.34. The zero-order chi connectivity index (χ0) is 23.6. The molecule has 4 rings (SSSR count). The number of alkyl halides is 3. The number of carbonyl (C=O) groups excluding carboxylic acids is 1. The second-order valence-corrected chi connectivity index (χ2v) is 7.65.